The van der Waals surface area contributed by atoms with E-state index in [9.17, 15) is 0 Å². The number of benzene rings is 1. The van der Waals surface area contributed by atoms with E-state index in [0.717, 1.165) is 28.8 Å². The Bertz CT molecular complexity index is 583. The fourth-order valence-electron chi connectivity index (χ4n) is 1.76. The molecule has 92 valence electrons. The van der Waals surface area contributed by atoms with Crippen LogP contribution in [0.25, 0.3) is 0 Å². The number of aromatic nitrogens is 2. The van der Waals surface area contributed by atoms with Gasteiger partial charge in [-0.2, -0.15) is 10.4 Å². The minimum Gasteiger partial charge on any atom is -0.384 e. The number of rotatable bonds is 4. The highest BCUT2D eigenvalue weighted by Crippen LogP contribution is 2.23. The van der Waals surface area contributed by atoms with Gasteiger partial charge >= 0.3 is 0 Å². The van der Waals surface area contributed by atoms with Crippen molar-refractivity contribution in [2.75, 3.05) is 11.9 Å². The zero-order valence-electron chi connectivity index (χ0n) is 10.0. The standard InChI is InChI=1S/C13H13BrN4/c1-18-10(6-8-17-18)5-7-16-13-4-2-3-12(14)11(13)9-15/h2-4,6,8,16H,5,7H2,1H3. The summed E-state index contributed by atoms with van der Waals surface area (Å²) in [4.78, 5) is 0. The maximum absolute atomic E-state index is 9.09. The second kappa shape index (κ2) is 5.69. The van der Waals surface area contributed by atoms with E-state index in [-0.39, 0.29) is 0 Å². The first-order chi connectivity index (χ1) is 8.72. The third-order valence-electron chi connectivity index (χ3n) is 2.74. The molecule has 0 radical (unpaired) electrons. The van der Waals surface area contributed by atoms with E-state index < -0.39 is 0 Å². The van der Waals surface area contributed by atoms with Gasteiger partial charge in [0.25, 0.3) is 0 Å². The Labute approximate surface area is 114 Å². The van der Waals surface area contributed by atoms with Crippen LogP contribution in [-0.4, -0.2) is 16.3 Å². The van der Waals surface area contributed by atoms with Crippen LogP contribution >= 0.6 is 15.9 Å². The topological polar surface area (TPSA) is 53.6 Å². The van der Waals surface area contributed by atoms with Crippen LogP contribution in [0.1, 0.15) is 11.3 Å². The fourth-order valence-corrected chi connectivity index (χ4v) is 2.21. The SMILES string of the molecule is Cn1nccc1CCNc1cccc(Br)c1C#N. The molecule has 0 spiro atoms. The fraction of sp³-hybridized carbons (Fsp3) is 0.231. The molecule has 0 amide bonds. The summed E-state index contributed by atoms with van der Waals surface area (Å²) in [6.45, 7) is 0.769. The Hall–Kier alpha value is -1.80. The van der Waals surface area contributed by atoms with Gasteiger partial charge in [-0.25, -0.2) is 0 Å². The molecule has 4 nitrogen and oxygen atoms in total. The molecule has 0 bridgehead atoms. The van der Waals surface area contributed by atoms with Gasteiger partial charge in [0.05, 0.1) is 11.3 Å². The lowest BCUT2D eigenvalue weighted by atomic mass is 10.2. The first kappa shape index (κ1) is 12.7. The van der Waals surface area contributed by atoms with Crippen molar-refractivity contribution in [3.8, 4) is 6.07 Å². The van der Waals surface area contributed by atoms with E-state index in [1.54, 1.807) is 6.20 Å². The van der Waals surface area contributed by atoms with Crippen LogP contribution in [0.2, 0.25) is 0 Å². The summed E-state index contributed by atoms with van der Waals surface area (Å²) in [7, 11) is 1.93. The Morgan fingerprint density at radius 2 is 2.28 bits per heavy atom. The molecule has 0 aliphatic heterocycles. The Balaban J connectivity index is 2.01. The lowest BCUT2D eigenvalue weighted by Gasteiger charge is -2.09. The molecule has 18 heavy (non-hydrogen) atoms. The maximum atomic E-state index is 9.09. The van der Waals surface area contributed by atoms with Gasteiger partial charge in [-0.05, 0) is 34.1 Å². The largest absolute Gasteiger partial charge is 0.384 e. The minimum absolute atomic E-state index is 0.641. The molecule has 1 aromatic carbocycles. The summed E-state index contributed by atoms with van der Waals surface area (Å²) in [5.41, 5.74) is 2.66. The summed E-state index contributed by atoms with van der Waals surface area (Å²) < 4.78 is 2.67. The van der Waals surface area contributed by atoms with E-state index in [4.69, 9.17) is 5.26 Å². The van der Waals surface area contributed by atoms with Crippen LogP contribution in [0.4, 0.5) is 5.69 Å². The molecule has 0 saturated carbocycles. The number of nitrogens with one attached hydrogen (secondary N) is 1. The van der Waals surface area contributed by atoms with Gasteiger partial charge in [-0.15, -0.1) is 0 Å². The van der Waals surface area contributed by atoms with Crippen LogP contribution in [0.3, 0.4) is 0 Å². The summed E-state index contributed by atoms with van der Waals surface area (Å²) in [5.74, 6) is 0. The molecule has 0 fully saturated rings. The van der Waals surface area contributed by atoms with E-state index in [2.05, 4.69) is 32.4 Å². The van der Waals surface area contributed by atoms with Crippen molar-refractivity contribution in [2.45, 2.75) is 6.42 Å². The van der Waals surface area contributed by atoms with Gasteiger partial charge < -0.3 is 5.32 Å². The number of hydrogen-bond donors (Lipinski definition) is 1. The lowest BCUT2D eigenvalue weighted by molar-refractivity contribution is 0.711. The zero-order valence-corrected chi connectivity index (χ0v) is 11.6. The molecule has 0 unspecified atom stereocenters. The van der Waals surface area contributed by atoms with Gasteiger partial charge in [-0.1, -0.05) is 6.07 Å². The molecular formula is C13H13BrN4. The van der Waals surface area contributed by atoms with Crippen LogP contribution in [0.15, 0.2) is 34.9 Å². The van der Waals surface area contributed by atoms with Crippen LogP contribution in [0.5, 0.6) is 0 Å². The lowest BCUT2D eigenvalue weighted by Crippen LogP contribution is -2.09. The minimum atomic E-state index is 0.641. The molecular weight excluding hydrogens is 292 g/mol. The normalized spacial score (nSPS) is 10.1. The zero-order chi connectivity index (χ0) is 13.0. The molecule has 5 heteroatoms. The number of nitrogens with zero attached hydrogens (tertiary/aromatic N) is 3. The molecule has 2 rings (SSSR count). The second-order valence-electron chi connectivity index (χ2n) is 3.90. The Morgan fingerprint density at radius 3 is 2.94 bits per heavy atom. The third-order valence-corrected chi connectivity index (χ3v) is 3.41. The van der Waals surface area contributed by atoms with Crippen LogP contribution < -0.4 is 5.32 Å². The molecule has 0 atom stereocenters. The van der Waals surface area contributed by atoms with Gasteiger partial charge in [0.2, 0.25) is 0 Å². The van der Waals surface area contributed by atoms with Crippen molar-refractivity contribution in [3.05, 3.63) is 46.2 Å². The second-order valence-corrected chi connectivity index (χ2v) is 4.75. The number of hydrogen-bond acceptors (Lipinski definition) is 3. The van der Waals surface area contributed by atoms with Crippen molar-refractivity contribution in [1.29, 1.82) is 5.26 Å². The van der Waals surface area contributed by atoms with Crippen LogP contribution in [0, 0.1) is 11.3 Å². The maximum Gasteiger partial charge on any atom is 0.103 e. The number of halogens is 1. The molecule has 0 aliphatic rings. The van der Waals surface area contributed by atoms with Crippen molar-refractivity contribution < 1.29 is 0 Å². The van der Waals surface area contributed by atoms with Gasteiger partial charge in [0.15, 0.2) is 0 Å². The molecule has 0 saturated heterocycles. The molecule has 0 aliphatic carbocycles. The summed E-state index contributed by atoms with van der Waals surface area (Å²) >= 11 is 3.37. The van der Waals surface area contributed by atoms with Gasteiger partial charge in [-0.3, -0.25) is 4.68 Å². The Morgan fingerprint density at radius 1 is 1.44 bits per heavy atom. The summed E-state index contributed by atoms with van der Waals surface area (Å²) in [6.07, 6.45) is 2.66. The van der Waals surface area contributed by atoms with E-state index in [1.165, 1.54) is 0 Å². The molecule has 1 N–H and O–H groups in total. The summed E-state index contributed by atoms with van der Waals surface area (Å²) in [6, 6.07) is 9.88. The summed E-state index contributed by atoms with van der Waals surface area (Å²) in [5, 5.41) is 16.5. The first-order valence-electron chi connectivity index (χ1n) is 5.61. The smallest absolute Gasteiger partial charge is 0.103 e. The van der Waals surface area contributed by atoms with Gasteiger partial charge in [0, 0.05) is 36.4 Å². The first-order valence-corrected chi connectivity index (χ1v) is 6.41. The number of nitriles is 1. The quantitative estimate of drug-likeness (QED) is 0.945. The van der Waals surface area contributed by atoms with Crippen LogP contribution in [-0.2, 0) is 13.5 Å². The van der Waals surface area contributed by atoms with Crippen molar-refractivity contribution >= 4 is 21.6 Å². The average molecular weight is 305 g/mol. The van der Waals surface area contributed by atoms with Gasteiger partial charge in [0.1, 0.15) is 6.07 Å². The number of aryl methyl sites for hydroxylation is 1. The Kier molecular flexibility index (Phi) is 4.00. The molecule has 1 aromatic heterocycles. The van der Waals surface area contributed by atoms with E-state index >= 15 is 0 Å². The molecule has 1 heterocycles. The predicted octanol–water partition coefficient (Wildman–Crippen LogP) is 2.71. The van der Waals surface area contributed by atoms with E-state index in [0.29, 0.717) is 5.56 Å². The monoisotopic (exact) mass is 304 g/mol. The predicted molar refractivity (Wildman–Crippen MR) is 74.3 cm³/mol. The average Bonchev–Trinajstić information content (AvgIpc) is 2.75. The van der Waals surface area contributed by atoms with Crippen molar-refractivity contribution in [1.82, 2.24) is 9.78 Å². The highest BCUT2D eigenvalue weighted by Gasteiger charge is 2.05. The van der Waals surface area contributed by atoms with Crippen molar-refractivity contribution in [2.24, 2.45) is 7.05 Å². The highest BCUT2D eigenvalue weighted by atomic mass is 79.9. The molecule has 2 aromatic rings. The van der Waals surface area contributed by atoms with E-state index in [1.807, 2.05) is 36.0 Å². The highest BCUT2D eigenvalue weighted by molar-refractivity contribution is 9.10. The van der Waals surface area contributed by atoms with Crippen molar-refractivity contribution in [3.63, 3.8) is 0 Å². The number of anilines is 1. The third kappa shape index (κ3) is 2.71.